The lowest BCUT2D eigenvalue weighted by atomic mass is 10.1. The molecule has 1 saturated heterocycles. The number of furan rings is 1. The number of hydrogen-bond acceptors (Lipinski definition) is 4. The van der Waals surface area contributed by atoms with Gasteiger partial charge in [-0.3, -0.25) is 9.59 Å². The van der Waals surface area contributed by atoms with E-state index in [-0.39, 0.29) is 40.9 Å². The zero-order valence-electron chi connectivity index (χ0n) is 16.4. The highest BCUT2D eigenvalue weighted by Gasteiger charge is 2.29. The monoisotopic (exact) mass is 464 g/mol. The van der Waals surface area contributed by atoms with Gasteiger partial charge < -0.3 is 19.4 Å². The second-order valence-electron chi connectivity index (χ2n) is 7.37. The van der Waals surface area contributed by atoms with Gasteiger partial charge in [0.25, 0.3) is 11.8 Å². The predicted molar refractivity (Wildman–Crippen MR) is 115 cm³/mol. The third kappa shape index (κ3) is 5.11. The normalized spacial score (nSPS) is 16.0. The smallest absolute Gasteiger partial charge is 0.289 e. The molecule has 1 atom stereocenters. The van der Waals surface area contributed by atoms with E-state index in [1.54, 1.807) is 29.2 Å². The molecule has 1 aromatic heterocycles. The van der Waals surface area contributed by atoms with Crippen LogP contribution < -0.4 is 10.1 Å². The summed E-state index contributed by atoms with van der Waals surface area (Å²) >= 11 is 11.6. The zero-order chi connectivity index (χ0) is 22.0. The first-order valence-electron chi connectivity index (χ1n) is 9.72. The lowest BCUT2D eigenvalue weighted by molar-refractivity contribution is -0.123. The Hall–Kier alpha value is -2.77. The van der Waals surface area contributed by atoms with Crippen LogP contribution in [0.2, 0.25) is 10.0 Å². The van der Waals surface area contributed by atoms with Crippen LogP contribution in [-0.4, -0.2) is 43.0 Å². The van der Waals surface area contributed by atoms with Crippen molar-refractivity contribution < 1.29 is 23.1 Å². The molecule has 2 amide bonds. The minimum absolute atomic E-state index is 0.0106. The fraction of sp³-hybridized carbons (Fsp3) is 0.273. The Balaban J connectivity index is 1.25. The minimum Gasteiger partial charge on any atom is -0.484 e. The summed E-state index contributed by atoms with van der Waals surface area (Å²) in [5.41, 5.74) is 0.608. The summed E-state index contributed by atoms with van der Waals surface area (Å²) in [6.07, 6.45) is 0.765. The second-order valence-corrected chi connectivity index (χ2v) is 8.21. The average Bonchev–Trinajstić information content (AvgIpc) is 3.39. The number of halogens is 3. The molecule has 2 aromatic carbocycles. The first-order valence-corrected chi connectivity index (χ1v) is 10.5. The van der Waals surface area contributed by atoms with Gasteiger partial charge in [0.1, 0.15) is 17.1 Å². The summed E-state index contributed by atoms with van der Waals surface area (Å²) in [7, 11) is 0. The third-order valence-electron chi connectivity index (χ3n) is 5.11. The summed E-state index contributed by atoms with van der Waals surface area (Å²) in [6, 6.07) is 10.9. The van der Waals surface area contributed by atoms with E-state index in [9.17, 15) is 14.0 Å². The van der Waals surface area contributed by atoms with Crippen LogP contribution in [0.15, 0.2) is 46.9 Å². The van der Waals surface area contributed by atoms with Crippen LogP contribution in [0.1, 0.15) is 17.0 Å². The summed E-state index contributed by atoms with van der Waals surface area (Å²) in [6.45, 7) is 1.27. The second kappa shape index (κ2) is 9.16. The van der Waals surface area contributed by atoms with Gasteiger partial charge in [-0.1, -0.05) is 23.2 Å². The van der Waals surface area contributed by atoms with E-state index in [0.29, 0.717) is 30.2 Å². The number of fused-ring (bicyclic) bond motifs is 1. The van der Waals surface area contributed by atoms with Crippen LogP contribution in [0.3, 0.4) is 0 Å². The molecule has 1 aliphatic rings. The van der Waals surface area contributed by atoms with Crippen molar-refractivity contribution in [3.05, 3.63) is 64.1 Å². The van der Waals surface area contributed by atoms with Crippen molar-refractivity contribution in [2.45, 2.75) is 6.42 Å². The number of carbonyl (C=O) groups excluding carboxylic acids is 2. The number of likely N-dealkylation sites (tertiary alicyclic amines) is 1. The van der Waals surface area contributed by atoms with Crippen molar-refractivity contribution in [2.24, 2.45) is 5.92 Å². The van der Waals surface area contributed by atoms with E-state index in [1.807, 2.05) is 0 Å². The number of hydrogen-bond donors (Lipinski definition) is 1. The van der Waals surface area contributed by atoms with E-state index >= 15 is 0 Å². The van der Waals surface area contributed by atoms with Gasteiger partial charge in [0.2, 0.25) is 0 Å². The fourth-order valence-electron chi connectivity index (χ4n) is 3.48. The molecule has 1 fully saturated rings. The Morgan fingerprint density at radius 2 is 2.03 bits per heavy atom. The van der Waals surface area contributed by atoms with Gasteiger partial charge in [-0.15, -0.1) is 0 Å². The highest BCUT2D eigenvalue weighted by molar-refractivity contribution is 6.31. The molecule has 9 heteroatoms. The number of nitrogens with zero attached hydrogens (tertiary/aromatic N) is 1. The Labute approximate surface area is 187 Å². The Kier molecular flexibility index (Phi) is 6.34. The first kappa shape index (κ1) is 21.5. The molecule has 1 unspecified atom stereocenters. The largest absolute Gasteiger partial charge is 0.484 e. The van der Waals surface area contributed by atoms with Gasteiger partial charge >= 0.3 is 0 Å². The molecule has 0 aliphatic carbocycles. The quantitative estimate of drug-likeness (QED) is 0.581. The first-order chi connectivity index (χ1) is 14.9. The Morgan fingerprint density at radius 1 is 1.19 bits per heavy atom. The Bertz CT molecular complexity index is 1130. The molecule has 162 valence electrons. The molecular formula is C22H19Cl2FN2O4. The molecule has 3 aromatic rings. The van der Waals surface area contributed by atoms with E-state index in [0.717, 1.165) is 17.9 Å². The van der Waals surface area contributed by atoms with Gasteiger partial charge in [-0.05, 0) is 48.7 Å². The van der Waals surface area contributed by atoms with Gasteiger partial charge in [-0.2, -0.15) is 0 Å². The average molecular weight is 465 g/mol. The van der Waals surface area contributed by atoms with Crippen molar-refractivity contribution in [1.82, 2.24) is 10.2 Å². The number of nitrogens with one attached hydrogen (secondary N) is 1. The van der Waals surface area contributed by atoms with Crippen molar-refractivity contribution in [2.75, 3.05) is 26.2 Å². The van der Waals surface area contributed by atoms with Gasteiger partial charge in [0.05, 0.1) is 5.02 Å². The number of ether oxygens (including phenoxy) is 1. The molecule has 6 nitrogen and oxygen atoms in total. The SMILES string of the molecule is O=C(COc1ccc(Cl)c(F)c1)NCC1CCN(C(=O)c2cc3cc(Cl)ccc3o2)C1. The molecule has 1 aliphatic heterocycles. The molecule has 0 bridgehead atoms. The van der Waals surface area contributed by atoms with Crippen molar-refractivity contribution >= 4 is 46.0 Å². The van der Waals surface area contributed by atoms with Crippen LogP contribution >= 0.6 is 23.2 Å². The lowest BCUT2D eigenvalue weighted by Crippen LogP contribution is -2.35. The molecule has 1 N–H and O–H groups in total. The summed E-state index contributed by atoms with van der Waals surface area (Å²) in [5, 5.41) is 4.13. The van der Waals surface area contributed by atoms with E-state index < -0.39 is 5.82 Å². The highest BCUT2D eigenvalue weighted by atomic mass is 35.5. The third-order valence-corrected chi connectivity index (χ3v) is 5.65. The molecule has 0 saturated carbocycles. The van der Waals surface area contributed by atoms with Gasteiger partial charge in [0.15, 0.2) is 12.4 Å². The number of rotatable bonds is 6. The highest BCUT2D eigenvalue weighted by Crippen LogP contribution is 2.26. The van der Waals surface area contributed by atoms with Gasteiger partial charge in [-0.25, -0.2) is 4.39 Å². The van der Waals surface area contributed by atoms with Crippen LogP contribution in [0.5, 0.6) is 5.75 Å². The van der Waals surface area contributed by atoms with Crippen LogP contribution in [0.25, 0.3) is 11.0 Å². The predicted octanol–water partition coefficient (Wildman–Crippen LogP) is 4.54. The topological polar surface area (TPSA) is 71.8 Å². The van der Waals surface area contributed by atoms with E-state index in [2.05, 4.69) is 5.32 Å². The molecular weight excluding hydrogens is 446 g/mol. The molecule has 0 radical (unpaired) electrons. The summed E-state index contributed by atoms with van der Waals surface area (Å²) in [5.74, 6) is -0.501. The van der Waals surface area contributed by atoms with E-state index in [1.165, 1.54) is 12.1 Å². The maximum absolute atomic E-state index is 13.4. The standard InChI is InChI=1S/C22H19Cl2FN2O4/c23-15-1-4-19-14(7-15)8-20(31-19)22(29)27-6-5-13(11-27)10-26-21(28)12-30-16-2-3-17(24)18(25)9-16/h1-4,7-9,13H,5-6,10-12H2,(H,26,28). The van der Waals surface area contributed by atoms with Crippen LogP contribution in [0, 0.1) is 11.7 Å². The molecule has 2 heterocycles. The van der Waals surface area contributed by atoms with Crippen molar-refractivity contribution in [3.63, 3.8) is 0 Å². The van der Waals surface area contributed by atoms with Crippen molar-refractivity contribution in [3.8, 4) is 5.75 Å². The van der Waals surface area contributed by atoms with Crippen LogP contribution in [0.4, 0.5) is 4.39 Å². The van der Waals surface area contributed by atoms with Gasteiger partial charge in [0, 0.05) is 36.1 Å². The summed E-state index contributed by atoms with van der Waals surface area (Å²) in [4.78, 5) is 26.5. The molecule has 31 heavy (non-hydrogen) atoms. The zero-order valence-corrected chi connectivity index (χ0v) is 17.9. The fourth-order valence-corrected chi connectivity index (χ4v) is 3.78. The Morgan fingerprint density at radius 3 is 2.84 bits per heavy atom. The van der Waals surface area contributed by atoms with Crippen molar-refractivity contribution in [1.29, 1.82) is 0 Å². The number of benzene rings is 2. The number of carbonyl (C=O) groups is 2. The molecule has 0 spiro atoms. The minimum atomic E-state index is -0.608. The number of amides is 2. The van der Waals surface area contributed by atoms with E-state index in [4.69, 9.17) is 32.4 Å². The maximum atomic E-state index is 13.4. The van der Waals surface area contributed by atoms with Crippen LogP contribution in [-0.2, 0) is 4.79 Å². The summed E-state index contributed by atoms with van der Waals surface area (Å²) < 4.78 is 24.3. The molecule has 4 rings (SSSR count). The lowest BCUT2D eigenvalue weighted by Gasteiger charge is -2.15. The maximum Gasteiger partial charge on any atom is 0.289 e.